The molecule has 0 aromatic heterocycles. The van der Waals surface area contributed by atoms with E-state index in [0.717, 1.165) is 12.8 Å². The number of halogens is 13. The van der Waals surface area contributed by atoms with Gasteiger partial charge in [-0.25, -0.2) is 9.18 Å². The Morgan fingerprint density at radius 1 is 0.735 bits per heavy atom. The Balaban J connectivity index is 6.21. The standard InChI is InChI=1S/C19H23F13O2/c1-3-4-5-6-7-8-9-10-12(13(33)34)15(23,24)17(27,28)19(31,32)18(29,30)16(25,26)14(21,22)11(2)20/h10-11H,3-9H2,1-2H3,(H,33,34). The molecule has 0 fully saturated rings. The predicted octanol–water partition coefficient (Wildman–Crippen LogP) is 7.92. The number of rotatable bonds is 15. The number of unbranched alkanes of at least 4 members (excludes halogenated alkanes) is 6. The van der Waals surface area contributed by atoms with Crippen molar-refractivity contribution in [1.29, 1.82) is 0 Å². The average molecular weight is 530 g/mol. The van der Waals surface area contributed by atoms with Crippen LogP contribution in [0.25, 0.3) is 0 Å². The van der Waals surface area contributed by atoms with Gasteiger partial charge in [-0.15, -0.1) is 0 Å². The van der Waals surface area contributed by atoms with Crippen LogP contribution in [0, 0.1) is 0 Å². The minimum atomic E-state index is -7.96. The van der Waals surface area contributed by atoms with Gasteiger partial charge in [-0.3, -0.25) is 0 Å². The molecule has 2 nitrogen and oxygen atoms in total. The van der Waals surface area contributed by atoms with Gasteiger partial charge >= 0.3 is 41.5 Å². The van der Waals surface area contributed by atoms with Gasteiger partial charge in [0.15, 0.2) is 6.17 Å². The highest BCUT2D eigenvalue weighted by atomic mass is 19.4. The molecule has 0 aliphatic rings. The van der Waals surface area contributed by atoms with Gasteiger partial charge in [-0.05, 0) is 19.8 Å². The third-order valence-electron chi connectivity index (χ3n) is 4.97. The molecule has 0 bridgehead atoms. The van der Waals surface area contributed by atoms with Gasteiger partial charge in [0, 0.05) is 0 Å². The van der Waals surface area contributed by atoms with Gasteiger partial charge in [0.2, 0.25) is 0 Å². The Morgan fingerprint density at radius 3 is 1.56 bits per heavy atom. The number of carbonyl (C=O) groups is 1. The topological polar surface area (TPSA) is 37.3 Å². The van der Waals surface area contributed by atoms with Gasteiger partial charge < -0.3 is 5.11 Å². The predicted molar refractivity (Wildman–Crippen MR) is 94.0 cm³/mol. The second-order valence-corrected chi connectivity index (χ2v) is 7.59. The minimum Gasteiger partial charge on any atom is -0.478 e. The lowest BCUT2D eigenvalue weighted by Gasteiger charge is -2.41. The van der Waals surface area contributed by atoms with E-state index in [9.17, 15) is 61.9 Å². The van der Waals surface area contributed by atoms with Crippen molar-refractivity contribution in [1.82, 2.24) is 0 Å². The molecule has 0 radical (unpaired) electrons. The Hall–Kier alpha value is -1.70. The number of carboxylic acid groups (broad SMARTS) is 1. The number of hydrogen-bond donors (Lipinski definition) is 1. The maximum absolute atomic E-state index is 14.1. The first-order valence-electron chi connectivity index (χ1n) is 9.93. The summed E-state index contributed by atoms with van der Waals surface area (Å²) in [4.78, 5) is 11.0. The van der Waals surface area contributed by atoms with Crippen molar-refractivity contribution in [3.8, 4) is 0 Å². The van der Waals surface area contributed by atoms with E-state index in [2.05, 4.69) is 0 Å². The number of alkyl halides is 13. The summed E-state index contributed by atoms with van der Waals surface area (Å²) in [5.41, 5.74) is -2.82. The van der Waals surface area contributed by atoms with Crippen LogP contribution >= 0.6 is 0 Å². The molecular formula is C19H23F13O2. The molecule has 0 saturated carbocycles. The number of aliphatic carboxylic acids is 1. The fourth-order valence-electron chi connectivity index (χ4n) is 2.74. The molecule has 0 heterocycles. The maximum Gasteiger partial charge on any atom is 0.385 e. The monoisotopic (exact) mass is 530 g/mol. The van der Waals surface area contributed by atoms with Crippen LogP contribution in [0.1, 0.15) is 58.8 Å². The summed E-state index contributed by atoms with van der Waals surface area (Å²) in [6.07, 6.45) is -2.21. The lowest BCUT2D eigenvalue weighted by atomic mass is 9.87. The van der Waals surface area contributed by atoms with Crippen LogP contribution in [0.2, 0.25) is 0 Å². The van der Waals surface area contributed by atoms with Crippen LogP contribution in [-0.2, 0) is 4.79 Å². The van der Waals surface area contributed by atoms with Crippen LogP contribution < -0.4 is 0 Å². The van der Waals surface area contributed by atoms with Gasteiger partial charge in [-0.2, -0.15) is 52.7 Å². The Labute approximate surface area is 186 Å². The summed E-state index contributed by atoms with van der Waals surface area (Å²) in [7, 11) is 0. The lowest BCUT2D eigenvalue weighted by molar-refractivity contribution is -0.424. The van der Waals surface area contributed by atoms with Gasteiger partial charge in [0.1, 0.15) is 5.57 Å². The van der Waals surface area contributed by atoms with Crippen molar-refractivity contribution in [3.05, 3.63) is 11.6 Å². The van der Waals surface area contributed by atoms with E-state index < -0.39 is 66.6 Å². The molecule has 15 heteroatoms. The van der Waals surface area contributed by atoms with Crippen molar-refractivity contribution in [2.75, 3.05) is 0 Å². The van der Waals surface area contributed by atoms with E-state index >= 15 is 0 Å². The lowest BCUT2D eigenvalue weighted by Crippen LogP contribution is -2.72. The first-order valence-corrected chi connectivity index (χ1v) is 9.93. The molecule has 1 unspecified atom stereocenters. The summed E-state index contributed by atoms with van der Waals surface area (Å²) in [5, 5.41) is 8.74. The molecule has 0 rings (SSSR count). The highest BCUT2D eigenvalue weighted by molar-refractivity contribution is 5.88. The van der Waals surface area contributed by atoms with Crippen LogP contribution in [0.4, 0.5) is 57.1 Å². The van der Waals surface area contributed by atoms with Crippen molar-refractivity contribution in [2.24, 2.45) is 0 Å². The zero-order valence-corrected chi connectivity index (χ0v) is 17.9. The molecule has 34 heavy (non-hydrogen) atoms. The molecule has 202 valence electrons. The number of allylic oxidation sites excluding steroid dienone is 1. The first-order chi connectivity index (χ1) is 15.1. The summed E-state index contributed by atoms with van der Waals surface area (Å²) in [6.45, 7) is 1.38. The molecule has 0 aromatic carbocycles. The zero-order chi connectivity index (χ0) is 27.4. The van der Waals surface area contributed by atoms with E-state index in [0.29, 0.717) is 12.8 Å². The smallest absolute Gasteiger partial charge is 0.385 e. The summed E-state index contributed by atoms with van der Waals surface area (Å²) < 4.78 is 177. The molecule has 1 atom stereocenters. The molecular weight excluding hydrogens is 507 g/mol. The third kappa shape index (κ3) is 5.58. The number of hydrogen-bond acceptors (Lipinski definition) is 1. The maximum atomic E-state index is 14.1. The normalized spacial score (nSPS) is 16.0. The summed E-state index contributed by atoms with van der Waals surface area (Å²) in [6, 6.07) is 0. The molecule has 0 aromatic rings. The second-order valence-electron chi connectivity index (χ2n) is 7.59. The van der Waals surface area contributed by atoms with Crippen LogP contribution in [0.15, 0.2) is 11.6 Å². The van der Waals surface area contributed by atoms with Gasteiger partial charge in [-0.1, -0.05) is 45.1 Å². The second kappa shape index (κ2) is 10.9. The van der Waals surface area contributed by atoms with Gasteiger partial charge in [0.05, 0.1) is 0 Å². The first kappa shape index (κ1) is 32.3. The summed E-state index contributed by atoms with van der Waals surface area (Å²) >= 11 is 0. The van der Waals surface area contributed by atoms with E-state index in [1.165, 1.54) is 0 Å². The highest BCUT2D eigenvalue weighted by Crippen LogP contribution is 2.61. The molecule has 0 amide bonds. The average Bonchev–Trinajstić information content (AvgIpc) is 2.68. The molecule has 0 spiro atoms. The fourth-order valence-corrected chi connectivity index (χ4v) is 2.74. The largest absolute Gasteiger partial charge is 0.478 e. The summed E-state index contributed by atoms with van der Waals surface area (Å²) in [5.74, 6) is -47.5. The van der Waals surface area contributed by atoms with E-state index in [4.69, 9.17) is 5.11 Å². The van der Waals surface area contributed by atoms with Crippen LogP contribution in [0.5, 0.6) is 0 Å². The Morgan fingerprint density at radius 2 is 1.15 bits per heavy atom. The Bertz CT molecular complexity index is 715. The SMILES string of the molecule is CCCCCCCCC=C(C(=O)O)C(F)(F)C(F)(F)C(F)(F)C(F)(F)C(F)(F)C(F)(F)C(C)F. The van der Waals surface area contributed by atoms with Crippen LogP contribution in [-0.4, -0.2) is 52.8 Å². The fraction of sp³-hybridized carbons (Fsp3) is 0.842. The highest BCUT2D eigenvalue weighted by Gasteiger charge is 2.91. The molecule has 0 aliphatic carbocycles. The van der Waals surface area contributed by atoms with Crippen molar-refractivity contribution in [2.45, 2.75) is 101 Å². The van der Waals surface area contributed by atoms with Crippen molar-refractivity contribution < 1.29 is 67.0 Å². The minimum absolute atomic E-state index is 0.104. The van der Waals surface area contributed by atoms with Crippen molar-refractivity contribution in [3.63, 3.8) is 0 Å². The van der Waals surface area contributed by atoms with E-state index in [1.54, 1.807) is 0 Å². The quantitative estimate of drug-likeness (QED) is 0.133. The third-order valence-corrected chi connectivity index (χ3v) is 4.97. The molecule has 0 aliphatic heterocycles. The van der Waals surface area contributed by atoms with E-state index in [1.807, 2.05) is 6.92 Å². The van der Waals surface area contributed by atoms with Crippen molar-refractivity contribution >= 4 is 5.97 Å². The van der Waals surface area contributed by atoms with E-state index in [-0.39, 0.29) is 18.9 Å². The zero-order valence-electron chi connectivity index (χ0n) is 17.9. The Kier molecular flexibility index (Phi) is 10.4. The molecule has 1 N–H and O–H groups in total. The number of carboxylic acids is 1. The van der Waals surface area contributed by atoms with Gasteiger partial charge in [0.25, 0.3) is 0 Å². The van der Waals surface area contributed by atoms with Crippen LogP contribution in [0.3, 0.4) is 0 Å². The molecule has 0 saturated heterocycles.